The molecule has 1 saturated heterocycles. The molecule has 1 fully saturated rings. The summed E-state index contributed by atoms with van der Waals surface area (Å²) in [7, 11) is 0. The number of carbonyl (C=O) groups excluding carboxylic acids is 1. The molecule has 1 N–H and O–H groups in total. The van der Waals surface area contributed by atoms with Crippen LogP contribution < -0.4 is 10.2 Å². The molecule has 2 aliphatic rings. The van der Waals surface area contributed by atoms with Crippen LogP contribution >= 0.6 is 27.7 Å². The Morgan fingerprint density at radius 2 is 2.16 bits per heavy atom. The Labute approximate surface area is 126 Å². The number of carbonyl (C=O) groups is 1. The number of hydrogen-bond donors (Lipinski definition) is 1. The minimum atomic E-state index is 0.195. The third-order valence-corrected chi connectivity index (χ3v) is 5.26. The van der Waals surface area contributed by atoms with Crippen LogP contribution in [0.25, 0.3) is 0 Å². The zero-order valence-electron chi connectivity index (χ0n) is 10.7. The Morgan fingerprint density at radius 3 is 2.95 bits per heavy atom. The fourth-order valence-corrected chi connectivity index (χ4v) is 4.25. The van der Waals surface area contributed by atoms with E-state index in [1.807, 2.05) is 22.7 Å². The molecule has 5 heteroatoms. The van der Waals surface area contributed by atoms with Crippen molar-refractivity contribution in [2.24, 2.45) is 5.92 Å². The summed E-state index contributed by atoms with van der Waals surface area (Å²) < 4.78 is 1.08. The lowest BCUT2D eigenvalue weighted by Gasteiger charge is -2.33. The summed E-state index contributed by atoms with van der Waals surface area (Å²) >= 11 is 5.33. The Balaban J connectivity index is 1.84. The molecular formula is C14H17BrN2OS. The normalized spacial score (nSPS) is 20.2. The van der Waals surface area contributed by atoms with Gasteiger partial charge in [0.1, 0.15) is 0 Å². The van der Waals surface area contributed by atoms with Crippen LogP contribution in [0.2, 0.25) is 0 Å². The lowest BCUT2D eigenvalue weighted by Crippen LogP contribution is -2.43. The first-order chi connectivity index (χ1) is 9.25. The molecule has 0 spiro atoms. The minimum absolute atomic E-state index is 0.195. The van der Waals surface area contributed by atoms with Crippen LogP contribution in [-0.2, 0) is 4.79 Å². The Morgan fingerprint density at radius 1 is 1.37 bits per heavy atom. The number of hydrogen-bond acceptors (Lipinski definition) is 3. The quantitative estimate of drug-likeness (QED) is 0.853. The molecule has 19 heavy (non-hydrogen) atoms. The second kappa shape index (κ2) is 5.85. The van der Waals surface area contributed by atoms with E-state index in [0.29, 0.717) is 5.91 Å². The molecule has 3 nitrogen and oxygen atoms in total. The molecule has 0 bridgehead atoms. The second-order valence-corrected chi connectivity index (χ2v) is 7.03. The molecule has 0 atom stereocenters. The van der Waals surface area contributed by atoms with Crippen molar-refractivity contribution >= 4 is 39.3 Å². The zero-order valence-corrected chi connectivity index (χ0v) is 13.1. The number of fused-ring (bicyclic) bond motifs is 1. The number of benzene rings is 1. The third-order valence-electron chi connectivity index (χ3n) is 3.74. The number of anilines is 1. The Hall–Kier alpha value is -0.520. The number of piperidine rings is 1. The van der Waals surface area contributed by atoms with E-state index in [1.54, 1.807) is 0 Å². The van der Waals surface area contributed by atoms with Crippen molar-refractivity contribution in [1.29, 1.82) is 0 Å². The summed E-state index contributed by atoms with van der Waals surface area (Å²) in [6, 6.07) is 6.19. The van der Waals surface area contributed by atoms with Crippen molar-refractivity contribution in [1.82, 2.24) is 5.32 Å². The summed E-state index contributed by atoms with van der Waals surface area (Å²) in [6.07, 6.45) is 1.93. The maximum Gasteiger partial charge on any atom is 0.230 e. The molecule has 1 aromatic rings. The van der Waals surface area contributed by atoms with Gasteiger partial charge in [0, 0.05) is 27.6 Å². The van der Waals surface area contributed by atoms with E-state index in [2.05, 4.69) is 33.4 Å². The van der Waals surface area contributed by atoms with E-state index in [4.69, 9.17) is 0 Å². The molecule has 2 heterocycles. The predicted octanol–water partition coefficient (Wildman–Crippen LogP) is 2.89. The van der Waals surface area contributed by atoms with Gasteiger partial charge in [-0.25, -0.2) is 0 Å². The second-order valence-electron chi connectivity index (χ2n) is 4.97. The largest absolute Gasteiger partial charge is 0.317 e. The molecule has 2 aliphatic heterocycles. The van der Waals surface area contributed by atoms with Gasteiger partial charge in [-0.1, -0.05) is 15.9 Å². The summed E-state index contributed by atoms with van der Waals surface area (Å²) in [5, 5.41) is 3.32. The highest BCUT2D eigenvalue weighted by Gasteiger charge is 2.29. The van der Waals surface area contributed by atoms with Crippen LogP contribution in [0.3, 0.4) is 0 Å². The Bertz CT molecular complexity index is 488. The zero-order chi connectivity index (χ0) is 13.2. The highest BCUT2D eigenvalue weighted by atomic mass is 79.9. The average Bonchev–Trinajstić information content (AvgIpc) is 2.46. The van der Waals surface area contributed by atoms with Gasteiger partial charge in [0.25, 0.3) is 0 Å². The molecule has 3 rings (SSSR count). The number of halogens is 1. The standard InChI is InChI=1S/C14H17BrN2OS/c15-11-1-2-12-13(9-11)19-8-7-17(12)14(18)10-3-5-16-6-4-10/h1-2,9-10,16H,3-8H2. The van der Waals surface area contributed by atoms with Crippen molar-refractivity contribution in [3.63, 3.8) is 0 Å². The molecule has 0 radical (unpaired) electrons. The first-order valence-corrected chi connectivity index (χ1v) is 8.48. The minimum Gasteiger partial charge on any atom is -0.317 e. The van der Waals surface area contributed by atoms with Crippen LogP contribution in [0.1, 0.15) is 12.8 Å². The van der Waals surface area contributed by atoms with Crippen molar-refractivity contribution in [3.8, 4) is 0 Å². The van der Waals surface area contributed by atoms with Gasteiger partial charge in [-0.05, 0) is 44.1 Å². The molecule has 0 unspecified atom stereocenters. The molecule has 0 saturated carbocycles. The molecule has 102 valence electrons. The average molecular weight is 341 g/mol. The number of thioether (sulfide) groups is 1. The smallest absolute Gasteiger partial charge is 0.230 e. The van der Waals surface area contributed by atoms with Gasteiger partial charge < -0.3 is 10.2 Å². The molecule has 1 aromatic carbocycles. The van der Waals surface area contributed by atoms with E-state index < -0.39 is 0 Å². The van der Waals surface area contributed by atoms with E-state index in [1.165, 1.54) is 4.90 Å². The van der Waals surface area contributed by atoms with Crippen molar-refractivity contribution < 1.29 is 4.79 Å². The fourth-order valence-electron chi connectivity index (χ4n) is 2.71. The van der Waals surface area contributed by atoms with Gasteiger partial charge in [-0.15, -0.1) is 11.8 Å². The SMILES string of the molecule is O=C(C1CCNCC1)N1CCSc2cc(Br)ccc21. The van der Waals surface area contributed by atoms with Gasteiger partial charge >= 0.3 is 0 Å². The maximum absolute atomic E-state index is 12.7. The first kappa shape index (κ1) is 13.5. The van der Waals surface area contributed by atoms with E-state index in [9.17, 15) is 4.79 Å². The van der Waals surface area contributed by atoms with E-state index in [-0.39, 0.29) is 5.92 Å². The van der Waals surface area contributed by atoms with E-state index in [0.717, 1.165) is 48.4 Å². The van der Waals surface area contributed by atoms with Crippen LogP contribution in [0.15, 0.2) is 27.6 Å². The summed E-state index contributed by atoms with van der Waals surface area (Å²) in [5.74, 6) is 1.49. The topological polar surface area (TPSA) is 32.3 Å². The number of rotatable bonds is 1. The molecule has 1 amide bonds. The van der Waals surface area contributed by atoms with Crippen molar-refractivity contribution in [2.75, 3.05) is 30.3 Å². The molecule has 0 aliphatic carbocycles. The van der Waals surface area contributed by atoms with Gasteiger partial charge in [-0.3, -0.25) is 4.79 Å². The summed E-state index contributed by atoms with van der Waals surface area (Å²) in [4.78, 5) is 15.9. The van der Waals surface area contributed by atoms with Crippen LogP contribution in [0.5, 0.6) is 0 Å². The highest BCUT2D eigenvalue weighted by Crippen LogP contribution is 2.37. The van der Waals surface area contributed by atoms with Gasteiger partial charge in [0.05, 0.1) is 5.69 Å². The summed E-state index contributed by atoms with van der Waals surface area (Å²) in [5.41, 5.74) is 1.09. The lowest BCUT2D eigenvalue weighted by molar-refractivity contribution is -0.123. The predicted molar refractivity (Wildman–Crippen MR) is 82.8 cm³/mol. The molecule has 0 aromatic heterocycles. The number of amides is 1. The third kappa shape index (κ3) is 2.83. The fraction of sp³-hybridized carbons (Fsp3) is 0.500. The molecular weight excluding hydrogens is 324 g/mol. The van der Waals surface area contributed by atoms with Crippen LogP contribution in [0, 0.1) is 5.92 Å². The highest BCUT2D eigenvalue weighted by molar-refractivity contribution is 9.10. The number of nitrogens with one attached hydrogen (secondary N) is 1. The van der Waals surface area contributed by atoms with Gasteiger partial charge in [0.15, 0.2) is 0 Å². The van der Waals surface area contributed by atoms with Crippen molar-refractivity contribution in [2.45, 2.75) is 17.7 Å². The van der Waals surface area contributed by atoms with E-state index >= 15 is 0 Å². The van der Waals surface area contributed by atoms with Crippen molar-refractivity contribution in [3.05, 3.63) is 22.7 Å². The first-order valence-electron chi connectivity index (χ1n) is 6.70. The maximum atomic E-state index is 12.7. The lowest BCUT2D eigenvalue weighted by atomic mass is 9.96. The Kier molecular flexibility index (Phi) is 4.15. The van der Waals surface area contributed by atoms with Crippen LogP contribution in [-0.4, -0.2) is 31.3 Å². The summed E-state index contributed by atoms with van der Waals surface area (Å²) in [6.45, 7) is 2.76. The number of nitrogens with zero attached hydrogens (tertiary/aromatic N) is 1. The van der Waals surface area contributed by atoms with Gasteiger partial charge in [-0.2, -0.15) is 0 Å². The van der Waals surface area contributed by atoms with Crippen LogP contribution in [0.4, 0.5) is 5.69 Å². The monoisotopic (exact) mass is 340 g/mol. The van der Waals surface area contributed by atoms with Gasteiger partial charge in [0.2, 0.25) is 5.91 Å².